The minimum Gasteiger partial charge on any atom is -0.381 e. The van der Waals surface area contributed by atoms with E-state index in [0.29, 0.717) is 19.8 Å². The zero-order valence-corrected chi connectivity index (χ0v) is 17.4. The number of nitrogens with one attached hydrogen (secondary N) is 1. The summed E-state index contributed by atoms with van der Waals surface area (Å²) in [6.07, 6.45) is 1.74. The molecule has 1 heterocycles. The van der Waals surface area contributed by atoms with Crippen molar-refractivity contribution in [1.29, 1.82) is 0 Å². The van der Waals surface area contributed by atoms with E-state index in [4.69, 9.17) is 10.5 Å². The Morgan fingerprint density at radius 2 is 1.77 bits per heavy atom. The van der Waals surface area contributed by atoms with E-state index in [9.17, 15) is 4.79 Å². The summed E-state index contributed by atoms with van der Waals surface area (Å²) in [6.45, 7) is 9.23. The van der Waals surface area contributed by atoms with Crippen LogP contribution in [0.15, 0.2) is 24.3 Å². The Morgan fingerprint density at radius 3 is 2.35 bits per heavy atom. The number of carbonyl (C=O) groups excluding carboxylic acids is 1. The highest BCUT2D eigenvalue weighted by atomic mass is 35.5. The second-order valence-electron chi connectivity index (χ2n) is 6.42. The summed E-state index contributed by atoms with van der Waals surface area (Å²) in [4.78, 5) is 14.7. The van der Waals surface area contributed by atoms with Crippen molar-refractivity contribution in [3.05, 3.63) is 35.4 Å². The van der Waals surface area contributed by atoms with E-state index in [0.717, 1.165) is 38.0 Å². The molecule has 5 nitrogen and oxygen atoms in total. The third-order valence-corrected chi connectivity index (χ3v) is 4.94. The van der Waals surface area contributed by atoms with Gasteiger partial charge in [0.2, 0.25) is 5.91 Å². The number of rotatable bonds is 8. The van der Waals surface area contributed by atoms with Crippen LogP contribution in [-0.2, 0) is 22.6 Å². The summed E-state index contributed by atoms with van der Waals surface area (Å²) in [6, 6.07) is 7.85. The maximum Gasteiger partial charge on any atom is 0.237 e. The molecule has 1 aliphatic heterocycles. The van der Waals surface area contributed by atoms with Crippen molar-refractivity contribution in [1.82, 2.24) is 10.2 Å². The van der Waals surface area contributed by atoms with Gasteiger partial charge in [0.15, 0.2) is 0 Å². The molecular weight excluding hydrogens is 373 g/mol. The lowest BCUT2D eigenvalue weighted by Gasteiger charge is -2.27. The summed E-state index contributed by atoms with van der Waals surface area (Å²) < 4.78 is 5.34. The van der Waals surface area contributed by atoms with Gasteiger partial charge < -0.3 is 15.8 Å². The predicted octanol–water partition coefficient (Wildman–Crippen LogP) is 2.74. The number of benzene rings is 1. The van der Waals surface area contributed by atoms with E-state index >= 15 is 0 Å². The molecule has 1 atom stereocenters. The molecule has 1 saturated heterocycles. The van der Waals surface area contributed by atoms with Crippen molar-refractivity contribution in [3.63, 3.8) is 0 Å². The van der Waals surface area contributed by atoms with Crippen LogP contribution in [0, 0.1) is 5.92 Å². The first-order valence-electron chi connectivity index (χ1n) is 9.05. The first-order valence-corrected chi connectivity index (χ1v) is 9.05. The van der Waals surface area contributed by atoms with E-state index in [2.05, 4.69) is 42.3 Å². The van der Waals surface area contributed by atoms with E-state index in [-0.39, 0.29) is 36.6 Å². The van der Waals surface area contributed by atoms with Crippen molar-refractivity contribution < 1.29 is 9.53 Å². The van der Waals surface area contributed by atoms with Gasteiger partial charge in [0.1, 0.15) is 0 Å². The topological polar surface area (TPSA) is 67.6 Å². The molecule has 1 aliphatic rings. The first-order chi connectivity index (χ1) is 11.7. The van der Waals surface area contributed by atoms with Crippen LogP contribution in [0.5, 0.6) is 0 Å². The molecule has 150 valence electrons. The molecule has 1 aromatic rings. The molecular formula is C19H33Cl2N3O2. The first kappa shape index (κ1) is 25.1. The lowest BCUT2D eigenvalue weighted by molar-refractivity contribution is -0.124. The minimum absolute atomic E-state index is 0. The number of nitrogens with zero attached hydrogens (tertiary/aromatic N) is 1. The van der Waals surface area contributed by atoms with Gasteiger partial charge in [-0.25, -0.2) is 0 Å². The van der Waals surface area contributed by atoms with Gasteiger partial charge in [-0.2, -0.15) is 0 Å². The van der Waals surface area contributed by atoms with Gasteiger partial charge in [-0.05, 0) is 43.0 Å². The normalized spacial score (nSPS) is 15.7. The monoisotopic (exact) mass is 405 g/mol. The van der Waals surface area contributed by atoms with Crippen molar-refractivity contribution in [2.45, 2.75) is 45.8 Å². The smallest absolute Gasteiger partial charge is 0.237 e. The molecule has 1 fully saturated rings. The van der Waals surface area contributed by atoms with Crippen molar-refractivity contribution in [2.24, 2.45) is 11.7 Å². The summed E-state index contributed by atoms with van der Waals surface area (Å²) in [7, 11) is 0. The number of hydrogen-bond acceptors (Lipinski definition) is 4. The van der Waals surface area contributed by atoms with Crippen LogP contribution in [0.25, 0.3) is 0 Å². The highest BCUT2D eigenvalue weighted by Gasteiger charge is 2.26. The van der Waals surface area contributed by atoms with Gasteiger partial charge in [-0.3, -0.25) is 9.69 Å². The molecule has 3 N–H and O–H groups in total. The molecule has 0 bridgehead atoms. The largest absolute Gasteiger partial charge is 0.381 e. The van der Waals surface area contributed by atoms with Gasteiger partial charge in [0.25, 0.3) is 0 Å². The number of hydrogen-bond donors (Lipinski definition) is 2. The summed E-state index contributed by atoms with van der Waals surface area (Å²) in [5.41, 5.74) is 8.57. The maximum absolute atomic E-state index is 12.4. The fourth-order valence-electron chi connectivity index (χ4n) is 3.16. The Kier molecular flexibility index (Phi) is 12.9. The standard InChI is InChI=1S/C19H31N3O2.2ClH/c1-3-22(4-2)14-17-8-6-5-7-16(17)13-21-19(23)18(20)15-9-11-24-12-10-15;;/h5-8,15,18H,3-4,9-14,20H2,1-2H3,(H,21,23);2*1H. The Hall–Kier alpha value is -0.850. The van der Waals surface area contributed by atoms with E-state index in [1.807, 2.05) is 6.07 Å². The van der Waals surface area contributed by atoms with Gasteiger partial charge in [-0.1, -0.05) is 38.1 Å². The van der Waals surface area contributed by atoms with Crippen molar-refractivity contribution in [2.75, 3.05) is 26.3 Å². The van der Waals surface area contributed by atoms with Crippen LogP contribution >= 0.6 is 24.8 Å². The summed E-state index contributed by atoms with van der Waals surface area (Å²) >= 11 is 0. The lowest BCUT2D eigenvalue weighted by Crippen LogP contribution is -2.46. The average Bonchev–Trinajstić information content (AvgIpc) is 2.65. The zero-order valence-electron chi connectivity index (χ0n) is 15.8. The molecule has 2 rings (SSSR count). The molecule has 0 aliphatic carbocycles. The number of ether oxygens (including phenoxy) is 1. The fourth-order valence-corrected chi connectivity index (χ4v) is 3.16. The van der Waals surface area contributed by atoms with Crippen LogP contribution in [0.3, 0.4) is 0 Å². The average molecular weight is 406 g/mol. The fraction of sp³-hybridized carbons (Fsp3) is 0.632. The highest BCUT2D eigenvalue weighted by molar-refractivity contribution is 5.85. The van der Waals surface area contributed by atoms with Crippen molar-refractivity contribution >= 4 is 30.7 Å². The minimum atomic E-state index is -0.441. The van der Waals surface area contributed by atoms with Gasteiger partial charge in [0.05, 0.1) is 6.04 Å². The highest BCUT2D eigenvalue weighted by Crippen LogP contribution is 2.18. The molecule has 1 unspecified atom stereocenters. The Morgan fingerprint density at radius 1 is 1.19 bits per heavy atom. The molecule has 1 amide bonds. The van der Waals surface area contributed by atoms with Crippen LogP contribution in [0.1, 0.15) is 37.8 Å². The lowest BCUT2D eigenvalue weighted by atomic mass is 9.92. The quantitative estimate of drug-likeness (QED) is 0.697. The van der Waals surface area contributed by atoms with Gasteiger partial charge in [-0.15, -0.1) is 24.8 Å². The van der Waals surface area contributed by atoms with Gasteiger partial charge >= 0.3 is 0 Å². The number of nitrogens with two attached hydrogens (primary N) is 1. The Bertz CT molecular complexity index is 521. The summed E-state index contributed by atoms with van der Waals surface area (Å²) in [5, 5.41) is 3.02. The van der Waals surface area contributed by atoms with Crippen LogP contribution in [-0.4, -0.2) is 43.2 Å². The SMILES string of the molecule is CCN(CC)Cc1ccccc1CNC(=O)C(N)C1CCOCC1.Cl.Cl. The third kappa shape index (κ3) is 7.41. The van der Waals surface area contributed by atoms with E-state index in [1.165, 1.54) is 5.56 Å². The van der Waals surface area contributed by atoms with Crippen molar-refractivity contribution in [3.8, 4) is 0 Å². The maximum atomic E-state index is 12.4. The second kappa shape index (κ2) is 13.3. The molecule has 0 radical (unpaired) electrons. The molecule has 7 heteroatoms. The summed E-state index contributed by atoms with van der Waals surface area (Å²) in [5.74, 6) is 0.171. The molecule has 0 saturated carbocycles. The molecule has 0 aromatic heterocycles. The molecule has 1 aromatic carbocycles. The Labute approximate surface area is 169 Å². The predicted molar refractivity (Wildman–Crippen MR) is 111 cm³/mol. The van der Waals surface area contributed by atoms with Crippen LogP contribution < -0.4 is 11.1 Å². The zero-order chi connectivity index (χ0) is 17.4. The third-order valence-electron chi connectivity index (χ3n) is 4.94. The molecule has 0 spiro atoms. The van der Waals surface area contributed by atoms with Gasteiger partial charge in [0, 0.05) is 26.3 Å². The molecule has 26 heavy (non-hydrogen) atoms. The Balaban J connectivity index is 0.00000312. The number of carbonyl (C=O) groups is 1. The van der Waals surface area contributed by atoms with E-state index in [1.54, 1.807) is 0 Å². The number of halogens is 2. The number of amides is 1. The van der Waals surface area contributed by atoms with E-state index < -0.39 is 6.04 Å². The van der Waals surface area contributed by atoms with Crippen LogP contribution in [0.4, 0.5) is 0 Å². The van der Waals surface area contributed by atoms with Crippen LogP contribution in [0.2, 0.25) is 0 Å². The second-order valence-corrected chi connectivity index (χ2v) is 6.42.